The molecule has 1 aromatic carbocycles. The number of anilines is 3. The number of thiazole rings is 1. The molecule has 1 saturated carbocycles. The van der Waals surface area contributed by atoms with E-state index in [9.17, 15) is 23.1 Å². The molecule has 0 radical (unpaired) electrons. The lowest BCUT2D eigenvalue weighted by Gasteiger charge is -2.35. The predicted molar refractivity (Wildman–Crippen MR) is 158 cm³/mol. The molecule has 7 rings (SSSR count). The van der Waals surface area contributed by atoms with Gasteiger partial charge in [0.25, 0.3) is 5.91 Å². The predicted octanol–water partition coefficient (Wildman–Crippen LogP) is 3.50. The zero-order valence-corrected chi connectivity index (χ0v) is 25.0. The monoisotopic (exact) mass is 608 g/mol. The molecule has 5 heterocycles. The van der Waals surface area contributed by atoms with Gasteiger partial charge in [0.05, 0.1) is 27.1 Å². The van der Waals surface area contributed by atoms with Crippen LogP contribution in [-0.2, 0) is 21.4 Å². The molecule has 220 valence electrons. The van der Waals surface area contributed by atoms with Crippen molar-refractivity contribution in [2.75, 3.05) is 29.9 Å². The maximum absolute atomic E-state index is 13.8. The van der Waals surface area contributed by atoms with Crippen molar-refractivity contribution in [2.24, 2.45) is 5.92 Å². The van der Waals surface area contributed by atoms with E-state index in [-0.39, 0.29) is 41.4 Å². The molecule has 11 nitrogen and oxygen atoms in total. The second-order valence-corrected chi connectivity index (χ2v) is 14.5. The number of hydrogen-bond donors (Lipinski definition) is 2. The van der Waals surface area contributed by atoms with Gasteiger partial charge >= 0.3 is 0 Å². The topological polar surface area (TPSA) is 136 Å². The minimum absolute atomic E-state index is 0.00986. The Bertz CT molecular complexity index is 1710. The van der Waals surface area contributed by atoms with Gasteiger partial charge < -0.3 is 15.3 Å². The smallest absolute Gasteiger partial charge is 0.256 e. The highest BCUT2D eigenvalue weighted by Gasteiger charge is 2.44. The molecule has 3 fully saturated rings. The van der Waals surface area contributed by atoms with Crippen LogP contribution in [0.4, 0.5) is 16.8 Å². The molecule has 3 aromatic rings. The van der Waals surface area contributed by atoms with Crippen LogP contribution in [0.1, 0.15) is 54.2 Å². The van der Waals surface area contributed by atoms with Crippen LogP contribution in [0.3, 0.4) is 0 Å². The molecule has 42 heavy (non-hydrogen) atoms. The number of hydrogen-bond acceptors (Lipinski definition) is 9. The SMILES string of the molecule is Cc1nc(Nc2cccc(N3CCCC3=O)n2)sc1-c1cc2c(c(S(=O)(=O)N3CC(O)C3)c1)C(=O)N([C@@H](C)C1CC1)C2. The Labute approximate surface area is 248 Å². The van der Waals surface area contributed by atoms with Gasteiger partial charge in [-0.2, -0.15) is 4.31 Å². The van der Waals surface area contributed by atoms with Crippen molar-refractivity contribution in [3.63, 3.8) is 0 Å². The second kappa shape index (κ2) is 10.1. The van der Waals surface area contributed by atoms with E-state index in [1.165, 1.54) is 15.6 Å². The number of sulfonamides is 1. The van der Waals surface area contributed by atoms with E-state index in [1.54, 1.807) is 15.9 Å². The van der Waals surface area contributed by atoms with Crippen molar-refractivity contribution in [2.45, 2.75) is 63.1 Å². The number of β-amino-alcohol motifs (C(OH)–C–C–N with tert-alkyl or cyclic N) is 1. The van der Waals surface area contributed by atoms with E-state index in [2.05, 4.69) is 15.3 Å². The Hall–Kier alpha value is -3.39. The highest BCUT2D eigenvalue weighted by atomic mass is 32.2. The summed E-state index contributed by atoms with van der Waals surface area (Å²) in [6, 6.07) is 9.00. The van der Waals surface area contributed by atoms with Crippen LogP contribution in [0.15, 0.2) is 35.2 Å². The molecule has 0 unspecified atom stereocenters. The number of benzene rings is 1. The van der Waals surface area contributed by atoms with Crippen LogP contribution < -0.4 is 10.2 Å². The number of aliphatic hydroxyl groups is 1. The first-order valence-corrected chi connectivity index (χ1v) is 16.5. The van der Waals surface area contributed by atoms with Gasteiger partial charge in [0.1, 0.15) is 11.6 Å². The van der Waals surface area contributed by atoms with Gasteiger partial charge in [0, 0.05) is 38.6 Å². The van der Waals surface area contributed by atoms with Crippen molar-refractivity contribution in [3.05, 3.63) is 47.2 Å². The number of pyridine rings is 1. The molecular formula is C29H32N6O5S2. The number of rotatable bonds is 8. The summed E-state index contributed by atoms with van der Waals surface area (Å²) in [5.74, 6) is 1.40. The average molecular weight is 609 g/mol. The van der Waals surface area contributed by atoms with Crippen molar-refractivity contribution in [1.82, 2.24) is 19.2 Å². The normalized spacial score (nSPS) is 20.3. The standard InChI is InChI=1S/C29H32N6O5S2/c1-16-27(41-29(30-16)32-23-5-3-6-24(31-23)34-10-4-7-25(34)37)19-11-20-13-35(17(2)18-8-9-18)28(38)26(20)22(12-19)42(39,40)33-14-21(36)15-33/h3,5-6,11-12,17-18,21,36H,4,7-10,13-15H2,1-2H3,(H,30,31,32)/t17-/m0/s1. The van der Waals surface area contributed by atoms with Crippen LogP contribution in [0.25, 0.3) is 10.4 Å². The zero-order valence-electron chi connectivity index (χ0n) is 23.4. The average Bonchev–Trinajstić information content (AvgIpc) is 3.48. The van der Waals surface area contributed by atoms with Gasteiger partial charge in [-0.15, -0.1) is 0 Å². The van der Waals surface area contributed by atoms with Crippen LogP contribution in [0, 0.1) is 12.8 Å². The molecule has 1 atom stereocenters. The van der Waals surface area contributed by atoms with E-state index in [4.69, 9.17) is 0 Å². The zero-order chi connectivity index (χ0) is 29.3. The van der Waals surface area contributed by atoms with Crippen LogP contribution >= 0.6 is 11.3 Å². The first-order valence-electron chi connectivity index (χ1n) is 14.3. The number of nitrogens with one attached hydrogen (secondary N) is 1. The molecule has 4 aliphatic rings. The van der Waals surface area contributed by atoms with Gasteiger partial charge in [-0.3, -0.25) is 14.5 Å². The summed E-state index contributed by atoms with van der Waals surface area (Å²) in [6.07, 6.45) is 2.78. The van der Waals surface area contributed by atoms with Crippen molar-refractivity contribution >= 4 is 49.9 Å². The Morgan fingerprint density at radius 3 is 2.62 bits per heavy atom. The summed E-state index contributed by atoms with van der Waals surface area (Å²) in [5, 5.41) is 13.6. The van der Waals surface area contributed by atoms with Gasteiger partial charge in [0.15, 0.2) is 5.13 Å². The van der Waals surface area contributed by atoms with Crippen molar-refractivity contribution in [1.29, 1.82) is 0 Å². The molecule has 2 N–H and O–H groups in total. The van der Waals surface area contributed by atoms with E-state index in [1.807, 2.05) is 38.1 Å². The Balaban J connectivity index is 1.24. The quantitative estimate of drug-likeness (QED) is 0.397. The molecule has 0 spiro atoms. The Morgan fingerprint density at radius 2 is 1.93 bits per heavy atom. The van der Waals surface area contributed by atoms with Crippen LogP contribution in [0.5, 0.6) is 0 Å². The lowest BCUT2D eigenvalue weighted by atomic mass is 10.0. The van der Waals surface area contributed by atoms with E-state index >= 15 is 0 Å². The van der Waals surface area contributed by atoms with Crippen molar-refractivity contribution in [3.8, 4) is 10.4 Å². The van der Waals surface area contributed by atoms with Crippen LogP contribution in [0.2, 0.25) is 0 Å². The molecule has 13 heteroatoms. The number of aromatic nitrogens is 2. The van der Waals surface area contributed by atoms with E-state index < -0.39 is 16.1 Å². The van der Waals surface area contributed by atoms with E-state index in [0.717, 1.165) is 24.1 Å². The lowest BCUT2D eigenvalue weighted by molar-refractivity contribution is -0.117. The Kier molecular flexibility index (Phi) is 6.61. The molecule has 3 aliphatic heterocycles. The summed E-state index contributed by atoms with van der Waals surface area (Å²) < 4.78 is 28.7. The summed E-state index contributed by atoms with van der Waals surface area (Å²) in [7, 11) is -4.00. The third-order valence-corrected chi connectivity index (χ3v) is 11.6. The third-order valence-electron chi connectivity index (χ3n) is 8.62. The van der Waals surface area contributed by atoms with E-state index in [0.29, 0.717) is 59.0 Å². The fraction of sp³-hybridized carbons (Fsp3) is 0.448. The second-order valence-electron chi connectivity index (χ2n) is 11.6. The highest BCUT2D eigenvalue weighted by molar-refractivity contribution is 7.89. The number of aryl methyl sites for hydroxylation is 1. The maximum Gasteiger partial charge on any atom is 0.256 e. The number of amides is 2. The highest BCUT2D eigenvalue weighted by Crippen LogP contribution is 2.43. The number of carbonyl (C=O) groups excluding carboxylic acids is 2. The fourth-order valence-corrected chi connectivity index (χ4v) is 8.78. The number of aliphatic hydroxyl groups excluding tert-OH is 1. The number of nitrogens with zero attached hydrogens (tertiary/aromatic N) is 5. The fourth-order valence-electron chi connectivity index (χ4n) is 6.05. The first kappa shape index (κ1) is 27.4. The third kappa shape index (κ3) is 4.68. The molecule has 1 aliphatic carbocycles. The molecule has 2 amide bonds. The van der Waals surface area contributed by atoms with Crippen LogP contribution in [-0.4, -0.2) is 76.3 Å². The molecule has 0 bridgehead atoms. The minimum Gasteiger partial charge on any atom is -0.390 e. The molecule has 2 saturated heterocycles. The van der Waals surface area contributed by atoms with Gasteiger partial charge in [-0.25, -0.2) is 18.4 Å². The summed E-state index contributed by atoms with van der Waals surface area (Å²) >= 11 is 1.37. The van der Waals surface area contributed by atoms with Gasteiger partial charge in [0.2, 0.25) is 15.9 Å². The summed E-state index contributed by atoms with van der Waals surface area (Å²) in [6.45, 7) is 4.94. The largest absolute Gasteiger partial charge is 0.390 e. The lowest BCUT2D eigenvalue weighted by Crippen LogP contribution is -2.53. The molecular weight excluding hydrogens is 576 g/mol. The van der Waals surface area contributed by atoms with Crippen molar-refractivity contribution < 1.29 is 23.1 Å². The van der Waals surface area contributed by atoms with Gasteiger partial charge in [-0.05, 0) is 74.4 Å². The first-order chi connectivity index (χ1) is 20.1. The Morgan fingerprint density at radius 1 is 1.14 bits per heavy atom. The maximum atomic E-state index is 13.8. The summed E-state index contributed by atoms with van der Waals surface area (Å²) in [5.41, 5.74) is 2.32. The van der Waals surface area contributed by atoms with Gasteiger partial charge in [-0.1, -0.05) is 17.4 Å². The number of fused-ring (bicyclic) bond motifs is 1. The number of carbonyl (C=O) groups is 2. The minimum atomic E-state index is -4.00. The molecule has 2 aromatic heterocycles. The summed E-state index contributed by atoms with van der Waals surface area (Å²) in [4.78, 5) is 39.4.